The van der Waals surface area contributed by atoms with E-state index in [1.807, 2.05) is 0 Å². The van der Waals surface area contributed by atoms with Gasteiger partial charge in [-0.1, -0.05) is 0 Å². The molecule has 0 amide bonds. The topological polar surface area (TPSA) is 89.9 Å². The van der Waals surface area contributed by atoms with Crippen molar-refractivity contribution in [2.24, 2.45) is 11.3 Å². The second-order valence-corrected chi connectivity index (χ2v) is 3.04. The highest BCUT2D eigenvalue weighted by molar-refractivity contribution is 6.06. The number of hydrogen-bond acceptors (Lipinski definition) is 5. The zero-order chi connectivity index (χ0) is 9.64. The lowest BCUT2D eigenvalue weighted by atomic mass is 9.80. The first-order chi connectivity index (χ1) is 6.09. The van der Waals surface area contributed by atoms with Crippen LogP contribution >= 0.6 is 0 Å². The summed E-state index contributed by atoms with van der Waals surface area (Å²) in [4.78, 5) is 33.0. The average molecular weight is 186 g/mol. The van der Waals surface area contributed by atoms with Gasteiger partial charge in [0.25, 0.3) is 0 Å². The molecule has 1 N–H and O–H groups in total. The first-order valence-electron chi connectivity index (χ1n) is 3.66. The summed E-state index contributed by atoms with van der Waals surface area (Å²) in [6.45, 7) is -0.603. The summed E-state index contributed by atoms with van der Waals surface area (Å²) in [5.74, 6) is -3.88. The van der Waals surface area contributed by atoms with Crippen molar-refractivity contribution in [1.82, 2.24) is 0 Å². The number of ether oxygens (including phenoxy) is 2. The number of rotatable bonds is 1. The van der Waals surface area contributed by atoms with Gasteiger partial charge >= 0.3 is 17.9 Å². The smallest absolute Gasteiger partial charge is 0.328 e. The maximum atomic E-state index is 11.1. The molecule has 2 atom stereocenters. The molecular weight excluding hydrogens is 180 g/mol. The number of carboxylic acids is 1. The standard InChI is InChI=1S/C7H6O6/c8-4-3-1-12-6(11)7(3,2-13-4)5(9)10/h3H,1-2H2,(H,9,10)/t3-,7-/m0/s1. The highest BCUT2D eigenvalue weighted by Gasteiger charge is 2.67. The second-order valence-electron chi connectivity index (χ2n) is 3.04. The molecule has 0 aromatic carbocycles. The summed E-state index contributed by atoms with van der Waals surface area (Å²) in [6, 6.07) is 0. The van der Waals surface area contributed by atoms with E-state index >= 15 is 0 Å². The molecule has 2 rings (SSSR count). The fraction of sp³-hybridized carbons (Fsp3) is 0.571. The zero-order valence-electron chi connectivity index (χ0n) is 6.48. The quantitative estimate of drug-likeness (QED) is 0.408. The Hall–Kier alpha value is -1.59. The minimum absolute atomic E-state index is 0.191. The Kier molecular flexibility index (Phi) is 1.37. The molecule has 0 radical (unpaired) electrons. The molecule has 0 bridgehead atoms. The van der Waals surface area contributed by atoms with Gasteiger partial charge in [-0.2, -0.15) is 0 Å². The lowest BCUT2D eigenvalue weighted by Gasteiger charge is -2.12. The van der Waals surface area contributed by atoms with E-state index in [9.17, 15) is 14.4 Å². The Morgan fingerprint density at radius 1 is 1.46 bits per heavy atom. The van der Waals surface area contributed by atoms with Crippen molar-refractivity contribution in [1.29, 1.82) is 0 Å². The van der Waals surface area contributed by atoms with Crippen LogP contribution in [0.1, 0.15) is 0 Å². The number of hydrogen-bond donors (Lipinski definition) is 1. The molecule has 2 heterocycles. The summed E-state index contributed by atoms with van der Waals surface area (Å²) in [5.41, 5.74) is -1.78. The molecule has 2 aliphatic heterocycles. The number of aliphatic carboxylic acids is 1. The molecule has 0 spiro atoms. The van der Waals surface area contributed by atoms with Crippen LogP contribution in [0.5, 0.6) is 0 Å². The fourth-order valence-electron chi connectivity index (χ4n) is 1.58. The third-order valence-corrected chi connectivity index (χ3v) is 2.45. The Bertz CT molecular complexity index is 308. The molecule has 2 saturated heterocycles. The van der Waals surface area contributed by atoms with Crippen molar-refractivity contribution in [3.05, 3.63) is 0 Å². The summed E-state index contributed by atoms with van der Waals surface area (Å²) < 4.78 is 9.07. The summed E-state index contributed by atoms with van der Waals surface area (Å²) in [5, 5.41) is 8.83. The molecule has 0 unspecified atom stereocenters. The van der Waals surface area contributed by atoms with Gasteiger partial charge in [0, 0.05) is 0 Å². The predicted octanol–water partition coefficient (Wildman–Crippen LogP) is -1.21. The number of fused-ring (bicyclic) bond motifs is 1. The van der Waals surface area contributed by atoms with Crippen LogP contribution in [-0.4, -0.2) is 36.2 Å². The van der Waals surface area contributed by atoms with Gasteiger partial charge < -0.3 is 14.6 Å². The molecule has 0 aromatic rings. The van der Waals surface area contributed by atoms with Crippen molar-refractivity contribution in [3.8, 4) is 0 Å². The molecule has 0 saturated carbocycles. The number of cyclic esters (lactones) is 2. The molecular formula is C7H6O6. The molecule has 2 fully saturated rings. The Labute approximate surface area is 72.4 Å². The molecule has 0 aliphatic carbocycles. The van der Waals surface area contributed by atoms with Crippen LogP contribution in [0.3, 0.4) is 0 Å². The van der Waals surface area contributed by atoms with E-state index in [0.717, 1.165) is 0 Å². The van der Waals surface area contributed by atoms with Gasteiger partial charge in [0.2, 0.25) is 5.41 Å². The largest absolute Gasteiger partial charge is 0.480 e. The summed E-state index contributed by atoms with van der Waals surface area (Å²) in [6.07, 6.45) is 0. The molecule has 70 valence electrons. The third kappa shape index (κ3) is 0.746. The van der Waals surface area contributed by atoms with Crippen LogP contribution in [0.15, 0.2) is 0 Å². The van der Waals surface area contributed by atoms with Gasteiger partial charge in [0.15, 0.2) is 0 Å². The van der Waals surface area contributed by atoms with Crippen LogP contribution in [0, 0.1) is 11.3 Å². The van der Waals surface area contributed by atoms with Gasteiger partial charge in [-0.3, -0.25) is 14.4 Å². The number of esters is 2. The number of carbonyl (C=O) groups excluding carboxylic acids is 2. The van der Waals surface area contributed by atoms with Gasteiger partial charge in [-0.05, 0) is 0 Å². The molecule has 0 aromatic heterocycles. The average Bonchev–Trinajstić information content (AvgIpc) is 2.55. The predicted molar refractivity (Wildman–Crippen MR) is 35.5 cm³/mol. The molecule has 6 heteroatoms. The summed E-state index contributed by atoms with van der Waals surface area (Å²) in [7, 11) is 0. The highest BCUT2D eigenvalue weighted by Crippen LogP contribution is 2.41. The Balaban J connectivity index is 2.47. The van der Waals surface area contributed by atoms with Crippen molar-refractivity contribution < 1.29 is 29.0 Å². The van der Waals surface area contributed by atoms with E-state index < -0.39 is 35.8 Å². The second kappa shape index (κ2) is 2.21. The lowest BCUT2D eigenvalue weighted by Crippen LogP contribution is -2.41. The molecule has 2 aliphatic rings. The van der Waals surface area contributed by atoms with E-state index in [1.54, 1.807) is 0 Å². The van der Waals surface area contributed by atoms with Crippen molar-refractivity contribution >= 4 is 17.9 Å². The molecule has 13 heavy (non-hydrogen) atoms. The maximum absolute atomic E-state index is 11.1. The maximum Gasteiger partial charge on any atom is 0.328 e. The highest BCUT2D eigenvalue weighted by atomic mass is 16.6. The van der Waals surface area contributed by atoms with E-state index in [0.29, 0.717) is 0 Å². The lowest BCUT2D eigenvalue weighted by molar-refractivity contribution is -0.161. The Morgan fingerprint density at radius 3 is 2.69 bits per heavy atom. The molecule has 6 nitrogen and oxygen atoms in total. The van der Waals surface area contributed by atoms with E-state index in [1.165, 1.54) is 0 Å². The van der Waals surface area contributed by atoms with Crippen LogP contribution in [0.4, 0.5) is 0 Å². The van der Waals surface area contributed by atoms with Gasteiger partial charge in [-0.15, -0.1) is 0 Å². The van der Waals surface area contributed by atoms with E-state index in [-0.39, 0.29) is 6.61 Å². The van der Waals surface area contributed by atoms with Gasteiger partial charge in [0.05, 0.1) is 0 Å². The van der Waals surface area contributed by atoms with Gasteiger partial charge in [-0.25, -0.2) is 0 Å². The number of carbonyl (C=O) groups is 3. The van der Waals surface area contributed by atoms with Crippen LogP contribution in [0.25, 0.3) is 0 Å². The monoisotopic (exact) mass is 186 g/mol. The van der Waals surface area contributed by atoms with Crippen molar-refractivity contribution in [2.45, 2.75) is 0 Å². The van der Waals surface area contributed by atoms with Crippen molar-refractivity contribution in [2.75, 3.05) is 13.2 Å². The van der Waals surface area contributed by atoms with Crippen LogP contribution < -0.4 is 0 Å². The van der Waals surface area contributed by atoms with Crippen LogP contribution in [-0.2, 0) is 23.9 Å². The van der Waals surface area contributed by atoms with E-state index in [2.05, 4.69) is 9.47 Å². The Morgan fingerprint density at radius 2 is 2.15 bits per heavy atom. The minimum Gasteiger partial charge on any atom is -0.480 e. The van der Waals surface area contributed by atoms with Crippen molar-refractivity contribution in [3.63, 3.8) is 0 Å². The summed E-state index contributed by atoms with van der Waals surface area (Å²) >= 11 is 0. The van der Waals surface area contributed by atoms with Crippen LogP contribution in [0.2, 0.25) is 0 Å². The first-order valence-corrected chi connectivity index (χ1v) is 3.66. The minimum atomic E-state index is -1.78. The fourth-order valence-corrected chi connectivity index (χ4v) is 1.58. The first kappa shape index (κ1) is 8.03. The third-order valence-electron chi connectivity index (χ3n) is 2.45. The van der Waals surface area contributed by atoms with Gasteiger partial charge in [0.1, 0.15) is 19.1 Å². The number of carboxylic acid groups (broad SMARTS) is 1. The van der Waals surface area contributed by atoms with E-state index in [4.69, 9.17) is 5.11 Å². The normalized spacial score (nSPS) is 36.8. The zero-order valence-corrected chi connectivity index (χ0v) is 6.48. The SMILES string of the molecule is O=C1OC[C@]2(C(=O)O)C(=O)OC[C@@H]12.